The second-order valence-electron chi connectivity index (χ2n) is 7.33. The molecular formula is C20H19Cl3FN3O3S. The number of rotatable bonds is 3. The highest BCUT2D eigenvalue weighted by molar-refractivity contribution is 7.92. The van der Waals surface area contributed by atoms with Crippen LogP contribution in [0, 0.1) is 5.82 Å². The van der Waals surface area contributed by atoms with Gasteiger partial charge in [-0.25, -0.2) is 12.8 Å². The topological polar surface area (TPSA) is 60.9 Å². The van der Waals surface area contributed by atoms with E-state index in [0.29, 0.717) is 44.8 Å². The van der Waals surface area contributed by atoms with Gasteiger partial charge in [0.25, 0.3) is 19.7 Å². The number of benzene rings is 2. The molecule has 2 aliphatic rings. The van der Waals surface area contributed by atoms with Gasteiger partial charge in [0.15, 0.2) is 0 Å². The molecule has 0 bridgehead atoms. The van der Waals surface area contributed by atoms with Crippen LogP contribution in [0.1, 0.15) is 5.56 Å². The van der Waals surface area contributed by atoms with Crippen LogP contribution in [-0.4, -0.2) is 55.7 Å². The maximum atomic E-state index is 13.2. The number of fused-ring (bicyclic) bond motifs is 1. The summed E-state index contributed by atoms with van der Waals surface area (Å²) in [5.41, 5.74) is 2.46. The molecule has 0 unspecified atom stereocenters. The van der Waals surface area contributed by atoms with Crippen LogP contribution < -0.4 is 9.21 Å². The average Bonchev–Trinajstić information content (AvgIpc) is 3.18. The molecule has 0 aliphatic carbocycles. The molecule has 0 spiro atoms. The highest BCUT2D eigenvalue weighted by Gasteiger charge is 2.37. The van der Waals surface area contributed by atoms with Gasteiger partial charge in [0.2, 0.25) is 0 Å². The van der Waals surface area contributed by atoms with Gasteiger partial charge in [-0.15, -0.1) is 0 Å². The largest absolute Gasteiger partial charge is 0.368 e. The first-order chi connectivity index (χ1) is 14.6. The standard InChI is InChI=1S/C20H19Cl3FN3O3S/c21-20(22,23)19(28)26-12-10-25(11-13-26)17-2-1-3-18-16(17)8-9-27(18)31(29,30)15-6-4-14(24)5-7-15/h1-7H,8-13H2. The van der Waals surface area contributed by atoms with E-state index in [-0.39, 0.29) is 4.90 Å². The number of hydrogen-bond donors (Lipinski definition) is 0. The molecule has 6 nitrogen and oxygen atoms in total. The van der Waals surface area contributed by atoms with E-state index in [4.69, 9.17) is 34.8 Å². The minimum absolute atomic E-state index is 0.0472. The number of anilines is 2. The SMILES string of the molecule is O=C(N1CCN(c2cccc3c2CCN3S(=O)(=O)c2ccc(F)cc2)CC1)C(Cl)(Cl)Cl. The van der Waals surface area contributed by atoms with Crippen LogP contribution in [0.15, 0.2) is 47.4 Å². The minimum atomic E-state index is -3.80. The number of piperazine rings is 1. The van der Waals surface area contributed by atoms with Crippen molar-refractivity contribution in [2.24, 2.45) is 0 Å². The van der Waals surface area contributed by atoms with Gasteiger partial charge in [-0.05, 0) is 42.8 Å². The Morgan fingerprint density at radius 1 is 0.903 bits per heavy atom. The number of amides is 1. The monoisotopic (exact) mass is 505 g/mol. The molecule has 31 heavy (non-hydrogen) atoms. The first-order valence-corrected chi connectivity index (χ1v) is 12.2. The number of sulfonamides is 1. The van der Waals surface area contributed by atoms with E-state index in [9.17, 15) is 17.6 Å². The van der Waals surface area contributed by atoms with Gasteiger partial charge in [-0.3, -0.25) is 9.10 Å². The van der Waals surface area contributed by atoms with E-state index in [1.165, 1.54) is 21.3 Å². The predicted octanol–water partition coefficient (Wildman–Crippen LogP) is 3.60. The van der Waals surface area contributed by atoms with E-state index in [0.717, 1.165) is 23.4 Å². The maximum absolute atomic E-state index is 13.2. The summed E-state index contributed by atoms with van der Waals surface area (Å²) in [5, 5.41) is 0. The van der Waals surface area contributed by atoms with Crippen LogP contribution >= 0.6 is 34.8 Å². The zero-order valence-corrected chi connectivity index (χ0v) is 19.4. The van der Waals surface area contributed by atoms with Gasteiger partial charge in [0.05, 0.1) is 10.6 Å². The summed E-state index contributed by atoms with van der Waals surface area (Å²) < 4.78 is 38.8. The van der Waals surface area contributed by atoms with Crippen molar-refractivity contribution >= 4 is 62.1 Å². The fourth-order valence-corrected chi connectivity index (χ4v) is 5.85. The van der Waals surface area contributed by atoms with Gasteiger partial charge in [0, 0.05) is 44.0 Å². The molecule has 1 amide bonds. The fourth-order valence-electron chi connectivity index (χ4n) is 4.00. The molecule has 0 saturated carbocycles. The molecule has 0 N–H and O–H groups in total. The number of halogens is 4. The van der Waals surface area contributed by atoms with E-state index in [2.05, 4.69) is 4.90 Å². The third kappa shape index (κ3) is 4.31. The fraction of sp³-hybridized carbons (Fsp3) is 0.350. The number of carbonyl (C=O) groups excluding carboxylic acids is 1. The van der Waals surface area contributed by atoms with Gasteiger partial charge in [-0.2, -0.15) is 0 Å². The van der Waals surface area contributed by atoms with Crippen molar-refractivity contribution in [2.75, 3.05) is 41.9 Å². The summed E-state index contributed by atoms with van der Waals surface area (Å²) in [5.74, 6) is -1.04. The Labute approximate surface area is 195 Å². The lowest BCUT2D eigenvalue weighted by Gasteiger charge is -2.38. The Balaban J connectivity index is 1.56. The van der Waals surface area contributed by atoms with Gasteiger partial charge in [0.1, 0.15) is 5.82 Å². The molecule has 2 aromatic carbocycles. The van der Waals surface area contributed by atoms with Crippen molar-refractivity contribution in [3.63, 3.8) is 0 Å². The minimum Gasteiger partial charge on any atom is -0.368 e. The molecule has 4 rings (SSSR count). The van der Waals surface area contributed by atoms with Gasteiger partial charge >= 0.3 is 0 Å². The van der Waals surface area contributed by atoms with Crippen molar-refractivity contribution < 1.29 is 17.6 Å². The van der Waals surface area contributed by atoms with E-state index >= 15 is 0 Å². The Hall–Kier alpha value is -1.74. The molecule has 1 saturated heterocycles. The Morgan fingerprint density at radius 2 is 1.52 bits per heavy atom. The summed E-state index contributed by atoms with van der Waals surface area (Å²) in [6, 6.07) is 10.3. The zero-order valence-electron chi connectivity index (χ0n) is 16.3. The van der Waals surface area contributed by atoms with Gasteiger partial charge in [-0.1, -0.05) is 40.9 Å². The predicted molar refractivity (Wildman–Crippen MR) is 120 cm³/mol. The average molecular weight is 507 g/mol. The molecule has 166 valence electrons. The summed E-state index contributed by atoms with van der Waals surface area (Å²) >= 11 is 17.1. The molecule has 1 fully saturated rings. The normalized spacial score (nSPS) is 17.1. The summed E-state index contributed by atoms with van der Waals surface area (Å²) in [6.45, 7) is 2.17. The first-order valence-electron chi connectivity index (χ1n) is 9.60. The summed E-state index contributed by atoms with van der Waals surface area (Å²) in [7, 11) is -3.80. The van der Waals surface area contributed by atoms with E-state index in [1.54, 1.807) is 6.07 Å². The van der Waals surface area contributed by atoms with Crippen molar-refractivity contribution in [1.29, 1.82) is 0 Å². The smallest absolute Gasteiger partial charge is 0.274 e. The lowest BCUT2D eigenvalue weighted by Crippen LogP contribution is -2.52. The van der Waals surface area contributed by atoms with Crippen LogP contribution in [-0.2, 0) is 21.2 Å². The molecule has 0 aromatic heterocycles. The molecule has 11 heteroatoms. The Bertz CT molecular complexity index is 1100. The van der Waals surface area contributed by atoms with Crippen LogP contribution in [0.2, 0.25) is 0 Å². The van der Waals surface area contributed by atoms with Crippen molar-refractivity contribution in [3.8, 4) is 0 Å². The molecule has 2 aliphatic heterocycles. The van der Waals surface area contributed by atoms with Crippen LogP contribution in [0.25, 0.3) is 0 Å². The van der Waals surface area contributed by atoms with E-state index in [1.807, 2.05) is 12.1 Å². The molecule has 0 radical (unpaired) electrons. The second kappa shape index (κ2) is 8.31. The summed E-state index contributed by atoms with van der Waals surface area (Å²) in [4.78, 5) is 15.8. The van der Waals surface area contributed by atoms with E-state index < -0.39 is 25.5 Å². The third-order valence-electron chi connectivity index (χ3n) is 5.51. The number of alkyl halides is 3. The summed E-state index contributed by atoms with van der Waals surface area (Å²) in [6.07, 6.45) is 0.555. The Kier molecular flexibility index (Phi) is 6.02. The van der Waals surface area contributed by atoms with Crippen molar-refractivity contribution in [3.05, 3.63) is 53.8 Å². The van der Waals surface area contributed by atoms with Crippen molar-refractivity contribution in [1.82, 2.24) is 4.90 Å². The molecule has 0 atom stereocenters. The van der Waals surface area contributed by atoms with Crippen LogP contribution in [0.5, 0.6) is 0 Å². The highest BCUT2D eigenvalue weighted by Crippen LogP contribution is 2.39. The second-order valence-corrected chi connectivity index (χ2v) is 11.5. The number of hydrogen-bond acceptors (Lipinski definition) is 4. The third-order valence-corrected chi connectivity index (χ3v) is 7.82. The number of carbonyl (C=O) groups is 1. The first kappa shape index (κ1) is 22.5. The van der Waals surface area contributed by atoms with Crippen molar-refractivity contribution in [2.45, 2.75) is 15.1 Å². The maximum Gasteiger partial charge on any atom is 0.274 e. The molecule has 2 heterocycles. The van der Waals surface area contributed by atoms with Crippen LogP contribution in [0.3, 0.4) is 0 Å². The zero-order chi connectivity index (χ0) is 22.4. The van der Waals surface area contributed by atoms with Crippen LogP contribution in [0.4, 0.5) is 15.8 Å². The Morgan fingerprint density at radius 3 is 2.13 bits per heavy atom. The molecular weight excluding hydrogens is 488 g/mol. The highest BCUT2D eigenvalue weighted by atomic mass is 35.6. The number of nitrogens with zero attached hydrogens (tertiary/aromatic N) is 3. The lowest BCUT2D eigenvalue weighted by atomic mass is 10.1. The van der Waals surface area contributed by atoms with Gasteiger partial charge < -0.3 is 9.80 Å². The molecule has 2 aromatic rings. The quantitative estimate of drug-likeness (QED) is 0.597. The lowest BCUT2D eigenvalue weighted by molar-refractivity contribution is -0.130.